The van der Waals surface area contributed by atoms with Gasteiger partial charge >= 0.3 is 0 Å². The fraction of sp³-hybridized carbons (Fsp3) is 0. The molecule has 0 amide bonds. The summed E-state index contributed by atoms with van der Waals surface area (Å²) in [5, 5.41) is 17.2. The third kappa shape index (κ3) is 1.45. The summed E-state index contributed by atoms with van der Waals surface area (Å²) in [4.78, 5) is 15.2. The van der Waals surface area contributed by atoms with Crippen molar-refractivity contribution >= 4 is 17.3 Å². The Labute approximate surface area is 102 Å². The highest BCUT2D eigenvalue weighted by Gasteiger charge is 2.13. The molecule has 0 aliphatic carbocycles. The molecule has 0 radical (unpaired) electrons. The van der Waals surface area contributed by atoms with Crippen LogP contribution in [0.25, 0.3) is 22.2 Å². The van der Waals surface area contributed by atoms with E-state index in [9.17, 15) is 9.90 Å². The number of aromatic nitrogens is 3. The maximum Gasteiger partial charge on any atom is 0.158 e. The van der Waals surface area contributed by atoms with E-state index in [2.05, 4.69) is 15.2 Å². The summed E-state index contributed by atoms with van der Waals surface area (Å²) < 4.78 is 0. The Kier molecular flexibility index (Phi) is 2.30. The van der Waals surface area contributed by atoms with Crippen LogP contribution in [0.4, 0.5) is 0 Å². The molecule has 2 aromatic heterocycles. The molecule has 0 spiro atoms. The van der Waals surface area contributed by atoms with E-state index in [1.54, 1.807) is 24.3 Å². The van der Waals surface area contributed by atoms with Gasteiger partial charge < -0.3 is 5.11 Å². The predicted molar refractivity (Wildman–Crippen MR) is 66.4 cm³/mol. The zero-order valence-corrected chi connectivity index (χ0v) is 9.29. The summed E-state index contributed by atoms with van der Waals surface area (Å²) in [7, 11) is 0. The lowest BCUT2D eigenvalue weighted by atomic mass is 10.0. The van der Waals surface area contributed by atoms with Crippen molar-refractivity contribution in [1.29, 1.82) is 0 Å². The molecule has 0 atom stereocenters. The fourth-order valence-electron chi connectivity index (χ4n) is 1.93. The number of hydrogen-bond acceptors (Lipinski definition) is 4. The van der Waals surface area contributed by atoms with Crippen LogP contribution < -0.4 is 0 Å². The van der Waals surface area contributed by atoms with E-state index in [4.69, 9.17) is 0 Å². The molecule has 0 aliphatic rings. The van der Waals surface area contributed by atoms with E-state index in [-0.39, 0.29) is 5.75 Å². The second-order valence-electron chi connectivity index (χ2n) is 3.86. The van der Waals surface area contributed by atoms with Crippen molar-refractivity contribution in [2.75, 3.05) is 0 Å². The van der Waals surface area contributed by atoms with E-state index >= 15 is 0 Å². The van der Waals surface area contributed by atoms with E-state index in [1.165, 1.54) is 12.4 Å². The van der Waals surface area contributed by atoms with Crippen molar-refractivity contribution < 1.29 is 9.90 Å². The minimum atomic E-state index is 0.0723. The Hall–Kier alpha value is -2.69. The Morgan fingerprint density at radius 1 is 1.17 bits per heavy atom. The fourth-order valence-corrected chi connectivity index (χ4v) is 1.93. The molecule has 0 saturated carbocycles. The Morgan fingerprint density at radius 3 is 2.83 bits per heavy atom. The average molecular weight is 239 g/mol. The number of fused-ring (bicyclic) bond motifs is 1. The third-order valence-electron chi connectivity index (χ3n) is 2.83. The minimum Gasteiger partial charge on any atom is -0.506 e. The number of benzene rings is 1. The van der Waals surface area contributed by atoms with E-state index in [1.807, 2.05) is 0 Å². The molecule has 0 saturated heterocycles. The highest BCUT2D eigenvalue weighted by Crippen LogP contribution is 2.34. The van der Waals surface area contributed by atoms with Crippen molar-refractivity contribution in [3.63, 3.8) is 0 Å². The molecule has 1 aromatic carbocycles. The lowest BCUT2D eigenvalue weighted by molar-refractivity contribution is 0.112. The van der Waals surface area contributed by atoms with Crippen LogP contribution in [0, 0.1) is 0 Å². The molecule has 0 aliphatic heterocycles. The quantitative estimate of drug-likeness (QED) is 0.671. The van der Waals surface area contributed by atoms with Crippen LogP contribution in [0.3, 0.4) is 0 Å². The van der Waals surface area contributed by atoms with E-state index in [0.717, 1.165) is 6.29 Å². The summed E-state index contributed by atoms with van der Waals surface area (Å²) >= 11 is 0. The van der Waals surface area contributed by atoms with Gasteiger partial charge in [-0.25, -0.2) is 4.98 Å². The van der Waals surface area contributed by atoms with Crippen LogP contribution in [0.15, 0.2) is 36.7 Å². The topological polar surface area (TPSA) is 78.9 Å². The molecule has 5 nitrogen and oxygen atoms in total. The van der Waals surface area contributed by atoms with Gasteiger partial charge in [0.1, 0.15) is 5.75 Å². The number of carbonyl (C=O) groups is 1. The zero-order chi connectivity index (χ0) is 12.5. The van der Waals surface area contributed by atoms with E-state index in [0.29, 0.717) is 27.7 Å². The molecule has 0 fully saturated rings. The third-order valence-corrected chi connectivity index (χ3v) is 2.83. The number of pyridine rings is 1. The number of aldehydes is 1. The number of aromatic hydroxyl groups is 1. The highest BCUT2D eigenvalue weighted by atomic mass is 16.3. The van der Waals surface area contributed by atoms with Gasteiger partial charge in [-0.3, -0.25) is 9.89 Å². The summed E-state index contributed by atoms with van der Waals surface area (Å²) in [5.41, 5.74) is 2.20. The highest BCUT2D eigenvalue weighted by molar-refractivity contribution is 5.94. The molecule has 18 heavy (non-hydrogen) atoms. The van der Waals surface area contributed by atoms with Crippen LogP contribution in [-0.4, -0.2) is 26.6 Å². The first-order valence-electron chi connectivity index (χ1n) is 5.37. The van der Waals surface area contributed by atoms with Crippen LogP contribution >= 0.6 is 0 Å². The average Bonchev–Trinajstić information content (AvgIpc) is 2.88. The first-order chi connectivity index (χ1) is 8.81. The largest absolute Gasteiger partial charge is 0.506 e. The SMILES string of the molecule is O=Cc1ccccc1-c1cnc2[nH]ncc2c1O. The molecular formula is C13H9N3O2. The maximum atomic E-state index is 11.0. The second kappa shape index (κ2) is 3.96. The van der Waals surface area contributed by atoms with Crippen LogP contribution in [0.2, 0.25) is 0 Å². The number of carbonyl (C=O) groups excluding carboxylic acids is 1. The zero-order valence-electron chi connectivity index (χ0n) is 9.29. The van der Waals surface area contributed by atoms with Crippen molar-refractivity contribution in [2.24, 2.45) is 0 Å². The second-order valence-corrected chi connectivity index (χ2v) is 3.86. The van der Waals surface area contributed by atoms with Gasteiger partial charge in [0.15, 0.2) is 11.9 Å². The summed E-state index contributed by atoms with van der Waals surface area (Å²) in [5.74, 6) is 0.0723. The van der Waals surface area contributed by atoms with Gasteiger partial charge in [-0.15, -0.1) is 0 Å². The van der Waals surface area contributed by atoms with Gasteiger partial charge in [0.05, 0.1) is 11.6 Å². The number of nitrogens with one attached hydrogen (secondary N) is 1. The molecule has 3 aromatic rings. The predicted octanol–water partition coefficient (Wildman–Crippen LogP) is 2.14. The number of hydrogen-bond donors (Lipinski definition) is 2. The first kappa shape index (κ1) is 10.5. The Bertz CT molecular complexity index is 734. The minimum absolute atomic E-state index is 0.0723. The molecule has 2 heterocycles. The Morgan fingerprint density at radius 2 is 2.00 bits per heavy atom. The van der Waals surface area contributed by atoms with Gasteiger partial charge in [-0.2, -0.15) is 5.10 Å². The molecule has 3 rings (SSSR count). The number of H-pyrrole nitrogens is 1. The van der Waals surface area contributed by atoms with Gasteiger partial charge in [-0.1, -0.05) is 24.3 Å². The van der Waals surface area contributed by atoms with Crippen LogP contribution in [0.5, 0.6) is 5.75 Å². The smallest absolute Gasteiger partial charge is 0.158 e. The number of aromatic amines is 1. The van der Waals surface area contributed by atoms with Crippen LogP contribution in [0.1, 0.15) is 10.4 Å². The van der Waals surface area contributed by atoms with Gasteiger partial charge in [-0.05, 0) is 5.56 Å². The van der Waals surface area contributed by atoms with Gasteiger partial charge in [0.2, 0.25) is 0 Å². The first-order valence-corrected chi connectivity index (χ1v) is 5.37. The normalized spacial score (nSPS) is 10.7. The van der Waals surface area contributed by atoms with Gasteiger partial charge in [0.25, 0.3) is 0 Å². The van der Waals surface area contributed by atoms with Crippen LogP contribution in [-0.2, 0) is 0 Å². The van der Waals surface area contributed by atoms with Crippen molar-refractivity contribution in [3.8, 4) is 16.9 Å². The standard InChI is InChI=1S/C13H9N3O2/c17-7-8-3-1-2-4-9(8)10-5-14-13-11(12(10)18)6-15-16-13/h1-7H,(H2,14,15,16,18). The van der Waals surface area contributed by atoms with E-state index < -0.39 is 0 Å². The lowest BCUT2D eigenvalue weighted by Gasteiger charge is -2.07. The lowest BCUT2D eigenvalue weighted by Crippen LogP contribution is -1.89. The maximum absolute atomic E-state index is 11.0. The molecule has 0 unspecified atom stereocenters. The number of nitrogens with zero attached hydrogens (tertiary/aromatic N) is 2. The Balaban J connectivity index is 2.31. The number of rotatable bonds is 2. The summed E-state index contributed by atoms with van der Waals surface area (Å²) in [6, 6.07) is 7.04. The van der Waals surface area contributed by atoms with Gasteiger partial charge in [0, 0.05) is 17.3 Å². The molecular weight excluding hydrogens is 230 g/mol. The summed E-state index contributed by atoms with van der Waals surface area (Å²) in [6.45, 7) is 0. The monoisotopic (exact) mass is 239 g/mol. The molecule has 5 heteroatoms. The molecule has 88 valence electrons. The summed E-state index contributed by atoms with van der Waals surface area (Å²) in [6.07, 6.45) is 3.79. The van der Waals surface area contributed by atoms with Crippen molar-refractivity contribution in [1.82, 2.24) is 15.2 Å². The molecule has 2 N–H and O–H groups in total. The molecule has 0 bridgehead atoms. The van der Waals surface area contributed by atoms with Crippen molar-refractivity contribution in [2.45, 2.75) is 0 Å². The van der Waals surface area contributed by atoms with Crippen molar-refractivity contribution in [3.05, 3.63) is 42.2 Å².